The Morgan fingerprint density at radius 2 is 2.17 bits per heavy atom. The number of benzene rings is 1. The third-order valence-electron chi connectivity index (χ3n) is 4.95. The topological polar surface area (TPSA) is 65.1 Å². The van der Waals surface area contributed by atoms with Crippen LogP contribution in [0.3, 0.4) is 0 Å². The van der Waals surface area contributed by atoms with Crippen LogP contribution in [0.25, 0.3) is 10.9 Å². The summed E-state index contributed by atoms with van der Waals surface area (Å²) in [5.74, 6) is 0.134. The molecule has 126 valence electrons. The number of rotatable bonds is 7. The molecule has 2 rings (SSSR count). The van der Waals surface area contributed by atoms with Gasteiger partial charge in [0.1, 0.15) is 0 Å². The van der Waals surface area contributed by atoms with Gasteiger partial charge in [-0.3, -0.25) is 4.79 Å². The highest BCUT2D eigenvalue weighted by atomic mass is 16.3. The number of hydrogen-bond donors (Lipinski definition) is 3. The lowest BCUT2D eigenvalue weighted by molar-refractivity contribution is -0.122. The van der Waals surface area contributed by atoms with Crippen LogP contribution >= 0.6 is 0 Å². The molecule has 1 heterocycles. The number of aliphatic hydroxyl groups is 1. The first-order chi connectivity index (χ1) is 10.8. The van der Waals surface area contributed by atoms with Crippen LogP contribution in [0.1, 0.15) is 44.7 Å². The van der Waals surface area contributed by atoms with E-state index in [0.29, 0.717) is 19.4 Å². The zero-order valence-electron chi connectivity index (χ0n) is 14.6. The minimum absolute atomic E-state index is 0.0180. The highest BCUT2D eigenvalue weighted by Gasteiger charge is 2.27. The van der Waals surface area contributed by atoms with E-state index < -0.39 is 5.60 Å². The normalized spacial score (nSPS) is 15.3. The van der Waals surface area contributed by atoms with Crippen LogP contribution in [0.5, 0.6) is 0 Å². The molecule has 4 heteroatoms. The van der Waals surface area contributed by atoms with Gasteiger partial charge in [0.2, 0.25) is 5.91 Å². The number of nitrogens with one attached hydrogen (secondary N) is 2. The fourth-order valence-electron chi connectivity index (χ4n) is 2.80. The number of para-hydroxylation sites is 1. The lowest BCUT2D eigenvalue weighted by atomic mass is 9.88. The summed E-state index contributed by atoms with van der Waals surface area (Å²) in [5.41, 5.74) is 2.65. The molecule has 0 spiro atoms. The lowest BCUT2D eigenvalue weighted by Gasteiger charge is -2.29. The van der Waals surface area contributed by atoms with Gasteiger partial charge in [0, 0.05) is 30.1 Å². The van der Waals surface area contributed by atoms with Gasteiger partial charge in [-0.1, -0.05) is 38.5 Å². The van der Waals surface area contributed by atoms with Crippen molar-refractivity contribution in [3.8, 4) is 0 Å². The summed E-state index contributed by atoms with van der Waals surface area (Å²) in [7, 11) is 0. The molecular weight excluding hydrogens is 288 g/mol. The van der Waals surface area contributed by atoms with Crippen molar-refractivity contribution in [3.63, 3.8) is 0 Å². The smallest absolute Gasteiger partial charge is 0.220 e. The fourth-order valence-corrected chi connectivity index (χ4v) is 2.80. The Kier molecular flexibility index (Phi) is 5.47. The van der Waals surface area contributed by atoms with E-state index in [4.69, 9.17) is 0 Å². The molecule has 1 aromatic heterocycles. The molecule has 0 saturated carbocycles. The maximum absolute atomic E-state index is 12.1. The molecule has 0 aliphatic heterocycles. The molecule has 2 atom stereocenters. The van der Waals surface area contributed by atoms with Crippen molar-refractivity contribution in [2.45, 2.75) is 52.6 Å². The van der Waals surface area contributed by atoms with Crippen molar-refractivity contribution < 1.29 is 9.90 Å². The summed E-state index contributed by atoms with van der Waals surface area (Å²) in [4.78, 5) is 15.4. The molecule has 3 N–H and O–H groups in total. The highest BCUT2D eigenvalue weighted by Crippen LogP contribution is 2.22. The second-order valence-electron chi connectivity index (χ2n) is 6.75. The summed E-state index contributed by atoms with van der Waals surface area (Å²) in [6.45, 7) is 8.20. The predicted molar refractivity (Wildman–Crippen MR) is 94.4 cm³/mol. The standard InChI is InChI=1S/C19H28N2O2/c1-5-14(3)19(4,23)12-21-17(22)10-9-15-11-20-18-13(2)7-6-8-16(15)18/h6-8,11,14,20,23H,5,9-10,12H2,1-4H3,(H,21,22). The van der Waals surface area contributed by atoms with Gasteiger partial charge in [-0.05, 0) is 37.3 Å². The van der Waals surface area contributed by atoms with Crippen molar-refractivity contribution in [1.82, 2.24) is 10.3 Å². The van der Waals surface area contributed by atoms with Gasteiger partial charge in [-0.2, -0.15) is 0 Å². The van der Waals surface area contributed by atoms with Gasteiger partial charge in [0.25, 0.3) is 0 Å². The average Bonchev–Trinajstić information content (AvgIpc) is 2.94. The minimum Gasteiger partial charge on any atom is -0.388 e. The van der Waals surface area contributed by atoms with E-state index in [1.165, 1.54) is 10.9 Å². The fraction of sp³-hybridized carbons (Fsp3) is 0.526. The number of fused-ring (bicyclic) bond motifs is 1. The summed E-state index contributed by atoms with van der Waals surface area (Å²) in [6, 6.07) is 6.20. The Balaban J connectivity index is 1.90. The zero-order chi connectivity index (χ0) is 17.0. The molecule has 2 unspecified atom stereocenters. The zero-order valence-corrected chi connectivity index (χ0v) is 14.6. The Bertz CT molecular complexity index is 673. The number of amides is 1. The van der Waals surface area contributed by atoms with Gasteiger partial charge in [-0.15, -0.1) is 0 Å². The first-order valence-electron chi connectivity index (χ1n) is 8.39. The maximum Gasteiger partial charge on any atom is 0.220 e. The number of aryl methyl sites for hydroxylation is 2. The van der Waals surface area contributed by atoms with Crippen molar-refractivity contribution in [2.75, 3.05) is 6.54 Å². The summed E-state index contributed by atoms with van der Waals surface area (Å²) in [5, 5.41) is 14.4. The first kappa shape index (κ1) is 17.5. The van der Waals surface area contributed by atoms with E-state index in [-0.39, 0.29) is 11.8 Å². The maximum atomic E-state index is 12.1. The SMILES string of the molecule is CCC(C)C(C)(O)CNC(=O)CCc1c[nH]c2c(C)cccc12. The third-order valence-corrected chi connectivity index (χ3v) is 4.95. The monoisotopic (exact) mass is 316 g/mol. The van der Waals surface area contributed by atoms with Crippen LogP contribution in [0, 0.1) is 12.8 Å². The van der Waals surface area contributed by atoms with E-state index in [9.17, 15) is 9.90 Å². The molecule has 23 heavy (non-hydrogen) atoms. The molecule has 2 aromatic rings. The molecule has 0 aliphatic carbocycles. The molecule has 1 amide bonds. The van der Waals surface area contributed by atoms with E-state index in [2.05, 4.69) is 29.4 Å². The molecular formula is C19H28N2O2. The molecule has 0 aliphatic rings. The van der Waals surface area contributed by atoms with Crippen LogP contribution in [-0.2, 0) is 11.2 Å². The molecule has 0 saturated heterocycles. The van der Waals surface area contributed by atoms with Gasteiger partial charge >= 0.3 is 0 Å². The van der Waals surface area contributed by atoms with Crippen molar-refractivity contribution in [1.29, 1.82) is 0 Å². The Labute approximate surface area is 138 Å². The molecule has 0 bridgehead atoms. The summed E-state index contributed by atoms with van der Waals surface area (Å²) in [6.07, 6.45) is 4.00. The number of aromatic amines is 1. The van der Waals surface area contributed by atoms with Crippen LogP contribution in [0.4, 0.5) is 0 Å². The van der Waals surface area contributed by atoms with E-state index >= 15 is 0 Å². The van der Waals surface area contributed by atoms with Gasteiger partial charge in [0.05, 0.1) is 5.60 Å². The van der Waals surface area contributed by atoms with E-state index in [1.807, 2.05) is 26.1 Å². The molecule has 4 nitrogen and oxygen atoms in total. The second-order valence-corrected chi connectivity index (χ2v) is 6.75. The third kappa shape index (κ3) is 4.14. The first-order valence-corrected chi connectivity index (χ1v) is 8.39. The number of carbonyl (C=O) groups is 1. The van der Waals surface area contributed by atoms with Crippen LogP contribution in [0.15, 0.2) is 24.4 Å². The van der Waals surface area contributed by atoms with Crippen molar-refractivity contribution >= 4 is 16.8 Å². The van der Waals surface area contributed by atoms with Gasteiger partial charge < -0.3 is 15.4 Å². The van der Waals surface area contributed by atoms with E-state index in [1.54, 1.807) is 6.92 Å². The Hall–Kier alpha value is -1.81. The van der Waals surface area contributed by atoms with Crippen LogP contribution in [0.2, 0.25) is 0 Å². The van der Waals surface area contributed by atoms with Crippen molar-refractivity contribution in [3.05, 3.63) is 35.5 Å². The Morgan fingerprint density at radius 3 is 2.87 bits per heavy atom. The number of hydrogen-bond acceptors (Lipinski definition) is 2. The van der Waals surface area contributed by atoms with E-state index in [0.717, 1.165) is 17.5 Å². The number of H-pyrrole nitrogens is 1. The second kappa shape index (κ2) is 7.18. The largest absolute Gasteiger partial charge is 0.388 e. The highest BCUT2D eigenvalue weighted by molar-refractivity contribution is 5.86. The van der Waals surface area contributed by atoms with Crippen molar-refractivity contribution in [2.24, 2.45) is 5.92 Å². The minimum atomic E-state index is -0.859. The number of aromatic nitrogens is 1. The molecule has 1 aromatic carbocycles. The predicted octanol–water partition coefficient (Wildman–Crippen LogP) is 3.32. The number of carbonyl (C=O) groups excluding carboxylic acids is 1. The average molecular weight is 316 g/mol. The molecule has 0 radical (unpaired) electrons. The summed E-state index contributed by atoms with van der Waals surface area (Å²) < 4.78 is 0. The van der Waals surface area contributed by atoms with Gasteiger partial charge in [0.15, 0.2) is 0 Å². The summed E-state index contributed by atoms with van der Waals surface area (Å²) >= 11 is 0. The molecule has 0 fully saturated rings. The quantitative estimate of drug-likeness (QED) is 0.733. The van der Waals surface area contributed by atoms with Gasteiger partial charge in [-0.25, -0.2) is 0 Å². The van der Waals surface area contributed by atoms with Crippen LogP contribution in [-0.4, -0.2) is 28.1 Å². The van der Waals surface area contributed by atoms with Crippen LogP contribution < -0.4 is 5.32 Å². The lowest BCUT2D eigenvalue weighted by Crippen LogP contribution is -2.45. The Morgan fingerprint density at radius 1 is 1.43 bits per heavy atom.